The molecule has 4 rings (SSSR count). The second-order valence-electron chi connectivity index (χ2n) is 6.21. The average molecular weight is 330 g/mol. The zero-order valence-electron chi connectivity index (χ0n) is 14.1. The van der Waals surface area contributed by atoms with Crippen LogP contribution in [0.25, 0.3) is 33.4 Å². The van der Waals surface area contributed by atoms with E-state index in [1.807, 2.05) is 31.3 Å². The smallest absolute Gasteiger partial charge is 0.138 e. The molecular weight excluding hydrogens is 312 g/mol. The number of phenols is 1. The molecule has 0 saturated carbocycles. The third-order valence-corrected chi connectivity index (χ3v) is 4.45. The lowest BCUT2D eigenvalue weighted by Crippen LogP contribution is -1.90. The molecule has 3 N–H and O–H groups in total. The van der Waals surface area contributed by atoms with E-state index in [0.29, 0.717) is 5.69 Å². The van der Waals surface area contributed by atoms with Gasteiger partial charge >= 0.3 is 0 Å². The monoisotopic (exact) mass is 330 g/mol. The van der Waals surface area contributed by atoms with E-state index in [-0.39, 0.29) is 5.75 Å². The van der Waals surface area contributed by atoms with Crippen LogP contribution < -0.4 is 5.73 Å². The van der Waals surface area contributed by atoms with Crippen molar-refractivity contribution in [3.8, 4) is 28.1 Å². The predicted octanol–water partition coefficient (Wildman–Crippen LogP) is 3.90. The fourth-order valence-corrected chi connectivity index (χ4v) is 2.88. The van der Waals surface area contributed by atoms with Crippen molar-refractivity contribution in [2.75, 3.05) is 5.73 Å². The fraction of sp³-hybridized carbons (Fsp3) is 0.100. The van der Waals surface area contributed by atoms with E-state index in [1.54, 1.807) is 18.3 Å². The van der Waals surface area contributed by atoms with Gasteiger partial charge in [0.05, 0.1) is 28.6 Å². The Balaban J connectivity index is 1.82. The summed E-state index contributed by atoms with van der Waals surface area (Å²) in [4.78, 5) is 9.30. The van der Waals surface area contributed by atoms with Gasteiger partial charge < -0.3 is 15.4 Å². The number of benzene rings is 2. The highest BCUT2D eigenvalue weighted by molar-refractivity contribution is 5.83. The van der Waals surface area contributed by atoms with Gasteiger partial charge in [-0.05, 0) is 48.4 Å². The third-order valence-electron chi connectivity index (χ3n) is 4.45. The molecule has 0 aliphatic carbocycles. The van der Waals surface area contributed by atoms with Gasteiger partial charge in [-0.25, -0.2) is 4.98 Å². The molecule has 0 amide bonds. The van der Waals surface area contributed by atoms with Gasteiger partial charge in [0.25, 0.3) is 0 Å². The van der Waals surface area contributed by atoms with E-state index in [0.717, 1.165) is 33.4 Å². The number of nitrogens with zero attached hydrogens (tertiary/aromatic N) is 3. The van der Waals surface area contributed by atoms with E-state index in [4.69, 9.17) is 10.7 Å². The van der Waals surface area contributed by atoms with Crippen LogP contribution in [-0.2, 0) is 7.05 Å². The normalized spacial score (nSPS) is 11.1. The zero-order valence-corrected chi connectivity index (χ0v) is 14.1. The Kier molecular flexibility index (Phi) is 3.42. The highest BCUT2D eigenvalue weighted by atomic mass is 16.3. The molecular formula is C20H18N4O. The van der Waals surface area contributed by atoms with Crippen LogP contribution in [0.2, 0.25) is 0 Å². The van der Waals surface area contributed by atoms with Gasteiger partial charge in [0.15, 0.2) is 0 Å². The van der Waals surface area contributed by atoms with Crippen LogP contribution in [0.15, 0.2) is 54.9 Å². The summed E-state index contributed by atoms with van der Waals surface area (Å²) < 4.78 is 2.07. The van der Waals surface area contributed by atoms with Crippen LogP contribution in [0.4, 0.5) is 5.69 Å². The van der Waals surface area contributed by atoms with E-state index in [9.17, 15) is 5.11 Å². The first-order valence-corrected chi connectivity index (χ1v) is 8.00. The lowest BCUT2D eigenvalue weighted by Gasteiger charge is -2.06. The lowest BCUT2D eigenvalue weighted by atomic mass is 10.0. The van der Waals surface area contributed by atoms with Crippen molar-refractivity contribution in [3.63, 3.8) is 0 Å². The fourth-order valence-electron chi connectivity index (χ4n) is 2.88. The van der Waals surface area contributed by atoms with Crippen molar-refractivity contribution in [2.45, 2.75) is 6.92 Å². The average Bonchev–Trinajstić information content (AvgIpc) is 2.95. The molecule has 4 aromatic rings. The Bertz CT molecular complexity index is 1080. The summed E-state index contributed by atoms with van der Waals surface area (Å²) in [6.07, 6.45) is 3.85. The van der Waals surface area contributed by atoms with Crippen LogP contribution in [0, 0.1) is 6.92 Å². The molecule has 0 radical (unpaired) electrons. The Morgan fingerprint density at radius 1 is 0.960 bits per heavy atom. The molecule has 0 spiro atoms. The standard InChI is InChI=1S/C20H18N4O/c1-12-7-15(11-24(12)2)19-10-22-17-5-3-14(9-18(17)23-19)13-4-6-20(25)16(21)8-13/h3-11,25H,21H2,1-2H3. The number of nitrogen functional groups attached to an aromatic ring is 1. The molecule has 2 heterocycles. The molecule has 0 saturated heterocycles. The number of rotatable bonds is 2. The van der Waals surface area contributed by atoms with Gasteiger partial charge in [0.2, 0.25) is 0 Å². The van der Waals surface area contributed by atoms with Crippen LogP contribution in [0.1, 0.15) is 5.69 Å². The number of nitrogens with two attached hydrogens (primary N) is 1. The van der Waals surface area contributed by atoms with Gasteiger partial charge in [-0.2, -0.15) is 0 Å². The topological polar surface area (TPSA) is 77.0 Å². The molecule has 0 fully saturated rings. The summed E-state index contributed by atoms with van der Waals surface area (Å²) in [7, 11) is 2.01. The number of anilines is 1. The summed E-state index contributed by atoms with van der Waals surface area (Å²) in [6, 6.07) is 13.2. The maximum atomic E-state index is 9.60. The first-order valence-electron chi connectivity index (χ1n) is 8.00. The number of aryl methyl sites for hydroxylation is 2. The molecule has 2 aromatic heterocycles. The number of hydrogen-bond acceptors (Lipinski definition) is 4. The molecule has 5 heteroatoms. The summed E-state index contributed by atoms with van der Waals surface area (Å²) in [6.45, 7) is 2.06. The maximum Gasteiger partial charge on any atom is 0.138 e. The predicted molar refractivity (Wildman–Crippen MR) is 100 cm³/mol. The van der Waals surface area contributed by atoms with Crippen LogP contribution >= 0.6 is 0 Å². The minimum absolute atomic E-state index is 0.0889. The Labute approximate surface area is 145 Å². The number of phenolic OH excluding ortho intramolecular Hbond substituents is 1. The number of aromatic nitrogens is 3. The largest absolute Gasteiger partial charge is 0.506 e. The second kappa shape index (κ2) is 5.63. The molecule has 0 unspecified atom stereocenters. The summed E-state index contributed by atoms with van der Waals surface area (Å²) in [5.41, 5.74) is 12.8. The molecule has 0 aliphatic heterocycles. The zero-order chi connectivity index (χ0) is 17.6. The highest BCUT2D eigenvalue weighted by Gasteiger charge is 2.08. The maximum absolute atomic E-state index is 9.60. The van der Waals surface area contributed by atoms with Crippen molar-refractivity contribution < 1.29 is 5.11 Å². The van der Waals surface area contributed by atoms with Gasteiger partial charge in [-0.3, -0.25) is 4.98 Å². The van der Waals surface area contributed by atoms with Crippen molar-refractivity contribution in [2.24, 2.45) is 7.05 Å². The molecule has 124 valence electrons. The second-order valence-corrected chi connectivity index (χ2v) is 6.21. The van der Waals surface area contributed by atoms with E-state index in [2.05, 4.69) is 28.7 Å². The van der Waals surface area contributed by atoms with Gasteiger partial charge in [0.1, 0.15) is 5.75 Å². The van der Waals surface area contributed by atoms with Crippen molar-refractivity contribution in [1.29, 1.82) is 0 Å². The SMILES string of the molecule is Cc1cc(-c2cnc3ccc(-c4ccc(O)c(N)c4)cc3n2)cn1C. The van der Waals surface area contributed by atoms with Crippen molar-refractivity contribution in [1.82, 2.24) is 14.5 Å². The summed E-state index contributed by atoms with van der Waals surface area (Å²) in [5.74, 6) is 0.0889. The summed E-state index contributed by atoms with van der Waals surface area (Å²) in [5, 5.41) is 9.60. The lowest BCUT2D eigenvalue weighted by molar-refractivity contribution is 0.478. The molecule has 2 aromatic carbocycles. The van der Waals surface area contributed by atoms with Crippen LogP contribution in [0.5, 0.6) is 5.75 Å². The van der Waals surface area contributed by atoms with Gasteiger partial charge in [-0.1, -0.05) is 12.1 Å². The first kappa shape index (κ1) is 15.2. The first-order chi connectivity index (χ1) is 12.0. The number of aromatic hydroxyl groups is 1. The quantitative estimate of drug-likeness (QED) is 0.432. The Hall–Kier alpha value is -3.34. The molecule has 0 bridgehead atoms. The van der Waals surface area contributed by atoms with Gasteiger partial charge in [0, 0.05) is 24.5 Å². The van der Waals surface area contributed by atoms with E-state index < -0.39 is 0 Å². The minimum atomic E-state index is 0.0889. The van der Waals surface area contributed by atoms with Crippen LogP contribution in [-0.4, -0.2) is 19.6 Å². The summed E-state index contributed by atoms with van der Waals surface area (Å²) >= 11 is 0. The molecule has 25 heavy (non-hydrogen) atoms. The van der Waals surface area contributed by atoms with E-state index >= 15 is 0 Å². The molecule has 5 nitrogen and oxygen atoms in total. The number of fused-ring (bicyclic) bond motifs is 1. The Morgan fingerprint density at radius 2 is 1.72 bits per heavy atom. The number of hydrogen-bond donors (Lipinski definition) is 2. The van der Waals surface area contributed by atoms with Crippen molar-refractivity contribution in [3.05, 3.63) is 60.6 Å². The minimum Gasteiger partial charge on any atom is -0.506 e. The van der Waals surface area contributed by atoms with Crippen molar-refractivity contribution >= 4 is 16.7 Å². The van der Waals surface area contributed by atoms with Crippen LogP contribution in [0.3, 0.4) is 0 Å². The third kappa shape index (κ3) is 2.70. The Morgan fingerprint density at radius 3 is 2.44 bits per heavy atom. The highest BCUT2D eigenvalue weighted by Crippen LogP contribution is 2.29. The molecule has 0 atom stereocenters. The molecule has 0 aliphatic rings. The van der Waals surface area contributed by atoms with E-state index in [1.165, 1.54) is 5.69 Å². The van der Waals surface area contributed by atoms with Gasteiger partial charge in [-0.15, -0.1) is 0 Å².